The summed E-state index contributed by atoms with van der Waals surface area (Å²) in [4.78, 5) is 31.9. The third kappa shape index (κ3) is 4.53. The molecule has 1 aliphatic carbocycles. The van der Waals surface area contributed by atoms with Crippen LogP contribution in [-0.2, 0) is 20.9 Å². The molecule has 0 bridgehead atoms. The molecule has 2 saturated heterocycles. The lowest BCUT2D eigenvalue weighted by Crippen LogP contribution is -2.70. The van der Waals surface area contributed by atoms with E-state index in [-0.39, 0.29) is 30.4 Å². The van der Waals surface area contributed by atoms with Gasteiger partial charge in [0.2, 0.25) is 17.6 Å². The molecule has 6 unspecified atom stereocenters. The van der Waals surface area contributed by atoms with E-state index in [0.717, 1.165) is 5.56 Å². The molecule has 1 aromatic heterocycles. The lowest BCUT2D eigenvalue weighted by Gasteiger charge is -2.35. The summed E-state index contributed by atoms with van der Waals surface area (Å²) < 4.78 is 25.6. The first-order valence-corrected chi connectivity index (χ1v) is 14.6. The van der Waals surface area contributed by atoms with Crippen LogP contribution in [0.1, 0.15) is 37.3 Å². The highest BCUT2D eigenvalue weighted by Gasteiger charge is 2.49. The monoisotopic (exact) mass is 605 g/mol. The van der Waals surface area contributed by atoms with Crippen LogP contribution in [0.5, 0.6) is 17.2 Å². The van der Waals surface area contributed by atoms with Crippen LogP contribution in [-0.4, -0.2) is 77.1 Å². The summed E-state index contributed by atoms with van der Waals surface area (Å²) in [6, 6.07) is 1.26. The van der Waals surface area contributed by atoms with Gasteiger partial charge in [0.15, 0.2) is 0 Å². The van der Waals surface area contributed by atoms with Gasteiger partial charge in [-0.25, -0.2) is 9.78 Å². The van der Waals surface area contributed by atoms with Crippen LogP contribution in [0, 0.1) is 0 Å². The second-order valence-electron chi connectivity index (χ2n) is 11.5. The standard InChI is InChI=1S/C30H35N7O7/c1-4-42-27(39)19-12-15(7-10-36-11-9-32-29(36)37-14-33-22-25(37)34-28(31)35-26(22)38)20-17(43-19)13-18-21(23(20)41-3)16-6-5-8-30(2,40)24(16)44-18/h5-7,9,11-13,16,22,24-25,28,33-34,40H,4,8,10,14,31H2,1-3H3,(H,35,38). The number of methoxy groups -OCH3 is 1. The number of hydrogen-bond acceptors (Lipinski definition) is 12. The minimum Gasteiger partial charge on any atom is -0.496 e. The molecule has 232 valence electrons. The van der Waals surface area contributed by atoms with Crippen LogP contribution < -0.4 is 40.8 Å². The largest absolute Gasteiger partial charge is 0.496 e. The maximum atomic E-state index is 12.9. The summed E-state index contributed by atoms with van der Waals surface area (Å²) in [7, 11) is 1.58. The van der Waals surface area contributed by atoms with Gasteiger partial charge in [0, 0.05) is 36.5 Å². The Morgan fingerprint density at radius 3 is 3.00 bits per heavy atom. The molecule has 44 heavy (non-hydrogen) atoms. The predicted molar refractivity (Wildman–Crippen MR) is 157 cm³/mol. The first-order chi connectivity index (χ1) is 21.2. The number of aliphatic hydroxyl groups is 1. The lowest BCUT2D eigenvalue weighted by atomic mass is 9.78. The van der Waals surface area contributed by atoms with E-state index in [9.17, 15) is 14.7 Å². The van der Waals surface area contributed by atoms with E-state index in [4.69, 9.17) is 24.7 Å². The van der Waals surface area contributed by atoms with Gasteiger partial charge in [-0.3, -0.25) is 21.2 Å². The Morgan fingerprint density at radius 2 is 2.20 bits per heavy atom. The SMILES string of the molecule is CCOC(=O)C1=CC(=CCn2ccnc2N2CNC3C(=O)NC(N)NC32)c2c(cc3c(c2OC)C2C=CCC(C)(O)C2O3)O1. The number of hydrogen-bond donors (Lipinski definition) is 5. The maximum absolute atomic E-state index is 12.9. The number of imidazole rings is 1. The molecule has 0 radical (unpaired) electrons. The number of nitrogens with zero attached hydrogens (tertiary/aromatic N) is 3. The molecule has 0 spiro atoms. The second kappa shape index (κ2) is 10.7. The van der Waals surface area contributed by atoms with Crippen LogP contribution in [0.2, 0.25) is 0 Å². The minimum absolute atomic E-state index is 0.0266. The molecule has 5 aliphatic rings. The molecule has 2 fully saturated rings. The number of anilines is 1. The van der Waals surface area contributed by atoms with E-state index in [1.54, 1.807) is 39.3 Å². The Balaban J connectivity index is 1.28. The van der Waals surface area contributed by atoms with Crippen molar-refractivity contribution in [2.24, 2.45) is 5.73 Å². The zero-order valence-corrected chi connectivity index (χ0v) is 24.6. The Kier molecular flexibility index (Phi) is 6.88. The van der Waals surface area contributed by atoms with Crippen LogP contribution >= 0.6 is 0 Å². The first-order valence-electron chi connectivity index (χ1n) is 14.6. The van der Waals surface area contributed by atoms with Gasteiger partial charge in [-0.1, -0.05) is 18.2 Å². The number of ether oxygens (including phenoxy) is 4. The third-order valence-corrected chi connectivity index (χ3v) is 8.64. The molecule has 1 aromatic carbocycles. The van der Waals surface area contributed by atoms with Crippen LogP contribution in [0.25, 0.3) is 5.57 Å². The van der Waals surface area contributed by atoms with Gasteiger partial charge in [-0.05, 0) is 31.9 Å². The summed E-state index contributed by atoms with van der Waals surface area (Å²) >= 11 is 0. The molecule has 4 aliphatic heterocycles. The number of fused-ring (bicyclic) bond motifs is 5. The van der Waals surface area contributed by atoms with Gasteiger partial charge in [-0.15, -0.1) is 0 Å². The molecule has 0 saturated carbocycles. The van der Waals surface area contributed by atoms with Gasteiger partial charge in [0.1, 0.15) is 47.5 Å². The Hall–Kier alpha value is -4.37. The van der Waals surface area contributed by atoms with Gasteiger partial charge >= 0.3 is 5.97 Å². The average molecular weight is 606 g/mol. The van der Waals surface area contributed by atoms with Crippen molar-refractivity contribution in [3.05, 3.63) is 59.7 Å². The molecule has 6 atom stereocenters. The lowest BCUT2D eigenvalue weighted by molar-refractivity contribution is -0.141. The molecular formula is C30H35N7O7. The smallest absolute Gasteiger partial charge is 0.374 e. The zero-order chi connectivity index (χ0) is 30.7. The topological polar surface area (TPSA) is 174 Å². The fourth-order valence-electron chi connectivity index (χ4n) is 6.65. The highest BCUT2D eigenvalue weighted by atomic mass is 16.6. The van der Waals surface area contributed by atoms with Crippen LogP contribution in [0.15, 0.2) is 48.5 Å². The van der Waals surface area contributed by atoms with Crippen LogP contribution in [0.4, 0.5) is 5.95 Å². The van der Waals surface area contributed by atoms with Gasteiger partial charge in [-0.2, -0.15) is 0 Å². The van der Waals surface area contributed by atoms with Gasteiger partial charge in [0.25, 0.3) is 0 Å². The van der Waals surface area contributed by atoms with Gasteiger partial charge in [0.05, 0.1) is 25.9 Å². The van der Waals surface area contributed by atoms with Gasteiger partial charge < -0.3 is 38.8 Å². The fraction of sp³-hybridized carbons (Fsp3) is 0.433. The van der Waals surface area contributed by atoms with E-state index in [2.05, 4.69) is 20.9 Å². The normalized spacial score (nSPS) is 30.8. The number of carbonyl (C=O) groups excluding carboxylic acids is 2. The molecule has 7 rings (SSSR count). The predicted octanol–water partition coefficient (Wildman–Crippen LogP) is 0.394. The molecule has 1 amide bonds. The number of aromatic nitrogens is 2. The average Bonchev–Trinajstić information content (AvgIpc) is 3.72. The van der Waals surface area contributed by atoms with Crippen LogP contribution in [0.3, 0.4) is 0 Å². The number of benzene rings is 1. The molecule has 5 heterocycles. The number of amides is 1. The molecule has 14 heteroatoms. The molecule has 2 aromatic rings. The zero-order valence-electron chi connectivity index (χ0n) is 24.6. The van der Waals surface area contributed by atoms with Crippen molar-refractivity contribution in [1.82, 2.24) is 25.5 Å². The summed E-state index contributed by atoms with van der Waals surface area (Å²) in [5.41, 5.74) is 7.06. The number of rotatable bonds is 6. The second-order valence-corrected chi connectivity index (χ2v) is 11.5. The number of esters is 1. The number of nitrogens with one attached hydrogen (secondary N) is 3. The molecular weight excluding hydrogens is 570 g/mol. The quantitative estimate of drug-likeness (QED) is 0.227. The summed E-state index contributed by atoms with van der Waals surface area (Å²) in [6.07, 6.45) is 10.0. The summed E-state index contributed by atoms with van der Waals surface area (Å²) in [6.45, 7) is 4.43. The van der Waals surface area contributed by atoms with Crippen molar-refractivity contribution >= 4 is 23.4 Å². The van der Waals surface area contributed by atoms with E-state index in [0.29, 0.717) is 54.0 Å². The van der Waals surface area contributed by atoms with Crippen molar-refractivity contribution in [3.8, 4) is 17.2 Å². The highest BCUT2D eigenvalue weighted by Crippen LogP contribution is 2.55. The number of carbonyl (C=O) groups is 2. The first kappa shape index (κ1) is 28.4. The van der Waals surface area contributed by atoms with Crippen molar-refractivity contribution in [2.45, 2.75) is 62.9 Å². The van der Waals surface area contributed by atoms with E-state index in [1.165, 1.54) is 0 Å². The number of nitrogens with two attached hydrogens (primary N) is 1. The fourth-order valence-corrected chi connectivity index (χ4v) is 6.65. The highest BCUT2D eigenvalue weighted by molar-refractivity contribution is 5.96. The van der Waals surface area contributed by atoms with Crippen molar-refractivity contribution < 1.29 is 33.6 Å². The van der Waals surface area contributed by atoms with Crippen molar-refractivity contribution in [3.63, 3.8) is 0 Å². The summed E-state index contributed by atoms with van der Waals surface area (Å²) in [5.74, 6) is 1.10. The minimum atomic E-state index is -1.07. The van der Waals surface area contributed by atoms with E-state index in [1.807, 2.05) is 33.9 Å². The van der Waals surface area contributed by atoms with E-state index >= 15 is 0 Å². The summed E-state index contributed by atoms with van der Waals surface area (Å²) in [5, 5.41) is 20.2. The number of allylic oxidation sites excluding steroid dienone is 3. The van der Waals surface area contributed by atoms with E-state index < -0.39 is 30.0 Å². The Bertz CT molecular complexity index is 1610. The van der Waals surface area contributed by atoms with Crippen molar-refractivity contribution in [1.29, 1.82) is 0 Å². The third-order valence-electron chi connectivity index (χ3n) is 8.64. The van der Waals surface area contributed by atoms with Crippen molar-refractivity contribution in [2.75, 3.05) is 25.3 Å². The molecule has 14 nitrogen and oxygen atoms in total. The maximum Gasteiger partial charge on any atom is 0.374 e. The Labute approximate surface area is 253 Å². The Morgan fingerprint density at radius 1 is 1.36 bits per heavy atom. The molecule has 6 N–H and O–H groups in total.